The number of hydrogen-bond donors (Lipinski definition) is 0. The zero-order chi connectivity index (χ0) is 15.2. The van der Waals surface area contributed by atoms with Crippen molar-refractivity contribution in [3.63, 3.8) is 0 Å². The minimum atomic E-state index is 0.0544. The quantitative estimate of drug-likeness (QED) is 0.815. The highest BCUT2D eigenvalue weighted by Gasteiger charge is 2.18. The van der Waals surface area contributed by atoms with Gasteiger partial charge in [0.05, 0.1) is 17.7 Å². The van der Waals surface area contributed by atoms with Gasteiger partial charge in [0.15, 0.2) is 5.82 Å². The first-order valence-electron chi connectivity index (χ1n) is 7.15. The molecule has 0 bridgehead atoms. The number of aromatic nitrogens is 2. The van der Waals surface area contributed by atoms with E-state index in [2.05, 4.69) is 28.0 Å². The Morgan fingerprint density at radius 3 is 2.67 bits per heavy atom. The number of rotatable bonds is 6. The topological polar surface area (TPSA) is 66.0 Å². The van der Waals surface area contributed by atoms with Gasteiger partial charge in [-0.15, -0.1) is 0 Å². The van der Waals surface area contributed by atoms with Crippen molar-refractivity contribution < 1.29 is 4.52 Å². The summed E-state index contributed by atoms with van der Waals surface area (Å²) < 4.78 is 5.33. The maximum absolute atomic E-state index is 8.81. The van der Waals surface area contributed by atoms with Crippen LogP contribution in [0.2, 0.25) is 0 Å². The Labute approximate surface area is 125 Å². The molecular weight excluding hydrogens is 264 g/mol. The molecule has 2 rings (SSSR count). The van der Waals surface area contributed by atoms with Gasteiger partial charge in [-0.3, -0.25) is 4.90 Å². The second-order valence-electron chi connectivity index (χ2n) is 5.20. The van der Waals surface area contributed by atoms with Crippen LogP contribution in [0.5, 0.6) is 0 Å². The highest BCUT2D eigenvalue weighted by atomic mass is 16.5. The van der Waals surface area contributed by atoms with Crippen LogP contribution in [-0.2, 0) is 13.0 Å². The summed E-state index contributed by atoms with van der Waals surface area (Å²) in [6.07, 6.45) is 1.85. The number of benzene rings is 1. The molecule has 0 amide bonds. The Bertz CT molecular complexity index is 612. The molecule has 0 spiro atoms. The van der Waals surface area contributed by atoms with E-state index in [0.717, 1.165) is 30.8 Å². The average molecular weight is 284 g/mol. The largest absolute Gasteiger partial charge is 0.338 e. The van der Waals surface area contributed by atoms with Crippen LogP contribution in [0.4, 0.5) is 0 Å². The van der Waals surface area contributed by atoms with E-state index in [1.807, 2.05) is 38.2 Å². The summed E-state index contributed by atoms with van der Waals surface area (Å²) in [5, 5.41) is 12.8. The molecule has 1 unspecified atom stereocenters. The van der Waals surface area contributed by atoms with E-state index in [9.17, 15) is 0 Å². The second kappa shape index (κ2) is 7.00. The van der Waals surface area contributed by atoms with Gasteiger partial charge in [0.1, 0.15) is 0 Å². The molecule has 0 N–H and O–H groups in total. The lowest BCUT2D eigenvalue weighted by Gasteiger charge is -2.21. The van der Waals surface area contributed by atoms with Crippen LogP contribution in [0.1, 0.15) is 49.2 Å². The summed E-state index contributed by atoms with van der Waals surface area (Å²) in [5.41, 5.74) is 1.83. The maximum Gasteiger partial charge on any atom is 0.243 e. The highest BCUT2D eigenvalue weighted by Crippen LogP contribution is 2.19. The van der Waals surface area contributed by atoms with Gasteiger partial charge in [-0.2, -0.15) is 10.2 Å². The Balaban J connectivity index is 2.00. The van der Waals surface area contributed by atoms with E-state index in [0.29, 0.717) is 11.5 Å². The first-order chi connectivity index (χ1) is 10.1. The fraction of sp³-hybridized carbons (Fsp3) is 0.438. The molecule has 21 heavy (non-hydrogen) atoms. The lowest BCUT2D eigenvalue weighted by Crippen LogP contribution is -2.22. The molecule has 0 aliphatic rings. The van der Waals surface area contributed by atoms with E-state index in [-0.39, 0.29) is 6.04 Å². The molecule has 0 saturated carbocycles. The van der Waals surface area contributed by atoms with Crippen molar-refractivity contribution in [2.45, 2.75) is 39.3 Å². The summed E-state index contributed by atoms with van der Waals surface area (Å²) in [6.45, 7) is 4.90. The maximum atomic E-state index is 8.81. The Morgan fingerprint density at radius 1 is 1.33 bits per heavy atom. The van der Waals surface area contributed by atoms with Crippen molar-refractivity contribution in [3.8, 4) is 6.07 Å². The summed E-state index contributed by atoms with van der Waals surface area (Å²) >= 11 is 0. The van der Waals surface area contributed by atoms with Gasteiger partial charge in [-0.05, 0) is 38.1 Å². The minimum Gasteiger partial charge on any atom is -0.338 e. The molecule has 5 nitrogen and oxygen atoms in total. The van der Waals surface area contributed by atoms with E-state index < -0.39 is 0 Å². The van der Waals surface area contributed by atoms with Gasteiger partial charge in [-0.25, -0.2) is 0 Å². The third kappa shape index (κ3) is 3.89. The number of nitriles is 1. The third-order valence-electron chi connectivity index (χ3n) is 3.49. The second-order valence-corrected chi connectivity index (χ2v) is 5.20. The van der Waals surface area contributed by atoms with Crippen molar-refractivity contribution in [2.24, 2.45) is 0 Å². The number of hydrogen-bond acceptors (Lipinski definition) is 5. The van der Waals surface area contributed by atoms with E-state index >= 15 is 0 Å². The molecule has 0 aliphatic carbocycles. The summed E-state index contributed by atoms with van der Waals surface area (Å²) in [5.74, 6) is 1.42. The molecule has 1 atom stereocenters. The van der Waals surface area contributed by atoms with Crippen LogP contribution in [0.25, 0.3) is 0 Å². The number of aryl methyl sites for hydroxylation is 1. The molecule has 0 aliphatic heterocycles. The van der Waals surface area contributed by atoms with Gasteiger partial charge in [0.25, 0.3) is 0 Å². The molecule has 0 fully saturated rings. The van der Waals surface area contributed by atoms with Crippen molar-refractivity contribution in [1.82, 2.24) is 15.0 Å². The van der Waals surface area contributed by atoms with Gasteiger partial charge in [-0.1, -0.05) is 24.2 Å². The SMILES string of the molecule is CCCc1noc(C(C)N(C)Cc2ccc(C#N)cc2)n1. The van der Waals surface area contributed by atoms with Crippen LogP contribution < -0.4 is 0 Å². The smallest absolute Gasteiger partial charge is 0.243 e. The highest BCUT2D eigenvalue weighted by molar-refractivity contribution is 5.31. The molecule has 1 heterocycles. The molecule has 0 radical (unpaired) electrons. The standard InChI is InChI=1S/C16H20N4O/c1-4-5-15-18-16(21-19-15)12(2)20(3)11-14-8-6-13(10-17)7-9-14/h6-9,12H,4-5,11H2,1-3H3. The third-order valence-corrected chi connectivity index (χ3v) is 3.49. The molecule has 110 valence electrons. The Hall–Kier alpha value is -2.19. The average Bonchev–Trinajstić information content (AvgIpc) is 2.96. The Kier molecular flexibility index (Phi) is 5.07. The lowest BCUT2D eigenvalue weighted by molar-refractivity contribution is 0.202. The van der Waals surface area contributed by atoms with Crippen LogP contribution in [0.3, 0.4) is 0 Å². The van der Waals surface area contributed by atoms with Crippen LogP contribution in [0.15, 0.2) is 28.8 Å². The first-order valence-corrected chi connectivity index (χ1v) is 7.15. The zero-order valence-corrected chi connectivity index (χ0v) is 12.7. The summed E-state index contributed by atoms with van der Waals surface area (Å²) in [4.78, 5) is 6.57. The summed E-state index contributed by atoms with van der Waals surface area (Å²) in [6, 6.07) is 9.79. The van der Waals surface area contributed by atoms with Gasteiger partial charge >= 0.3 is 0 Å². The molecule has 5 heteroatoms. The van der Waals surface area contributed by atoms with E-state index in [1.54, 1.807) is 0 Å². The zero-order valence-electron chi connectivity index (χ0n) is 12.7. The van der Waals surface area contributed by atoms with Crippen LogP contribution in [0, 0.1) is 11.3 Å². The van der Waals surface area contributed by atoms with Crippen molar-refractivity contribution in [2.75, 3.05) is 7.05 Å². The monoisotopic (exact) mass is 284 g/mol. The van der Waals surface area contributed by atoms with Crippen molar-refractivity contribution >= 4 is 0 Å². The molecule has 2 aromatic rings. The predicted octanol–water partition coefficient (Wildman–Crippen LogP) is 3.09. The van der Waals surface area contributed by atoms with Crippen LogP contribution in [-0.4, -0.2) is 22.1 Å². The van der Waals surface area contributed by atoms with Crippen molar-refractivity contribution in [3.05, 3.63) is 47.1 Å². The van der Waals surface area contributed by atoms with Gasteiger partial charge in [0, 0.05) is 13.0 Å². The first kappa shape index (κ1) is 15.2. The van der Waals surface area contributed by atoms with Crippen molar-refractivity contribution in [1.29, 1.82) is 5.26 Å². The van der Waals surface area contributed by atoms with E-state index in [4.69, 9.17) is 9.78 Å². The van der Waals surface area contributed by atoms with Gasteiger partial charge < -0.3 is 4.52 Å². The normalized spacial score (nSPS) is 12.3. The molecule has 1 aromatic heterocycles. The minimum absolute atomic E-state index is 0.0544. The Morgan fingerprint density at radius 2 is 2.05 bits per heavy atom. The molecular formula is C16H20N4O. The van der Waals surface area contributed by atoms with Gasteiger partial charge in [0.2, 0.25) is 5.89 Å². The predicted molar refractivity (Wildman–Crippen MR) is 79.3 cm³/mol. The molecule has 1 aromatic carbocycles. The van der Waals surface area contributed by atoms with Crippen LogP contribution >= 0.6 is 0 Å². The number of nitrogens with zero attached hydrogens (tertiary/aromatic N) is 4. The van der Waals surface area contributed by atoms with E-state index in [1.165, 1.54) is 0 Å². The molecule has 0 saturated heterocycles. The fourth-order valence-electron chi connectivity index (χ4n) is 2.06. The lowest BCUT2D eigenvalue weighted by atomic mass is 10.1. The fourth-order valence-corrected chi connectivity index (χ4v) is 2.06. The summed E-state index contributed by atoms with van der Waals surface area (Å²) in [7, 11) is 2.02.